The SMILES string of the molecule is CCC(NC)C(C)Sc1cccc(Br)c1. The molecule has 0 radical (unpaired) electrons. The van der Waals surface area contributed by atoms with E-state index in [4.69, 9.17) is 0 Å². The monoisotopic (exact) mass is 287 g/mol. The summed E-state index contributed by atoms with van der Waals surface area (Å²) >= 11 is 5.42. The zero-order valence-electron chi connectivity index (χ0n) is 9.46. The second-order valence-electron chi connectivity index (χ2n) is 3.58. The van der Waals surface area contributed by atoms with Gasteiger partial charge in [-0.15, -0.1) is 11.8 Å². The van der Waals surface area contributed by atoms with Crippen molar-refractivity contribution in [2.45, 2.75) is 36.5 Å². The van der Waals surface area contributed by atoms with Crippen LogP contribution in [0.1, 0.15) is 20.3 Å². The molecule has 1 N–H and O–H groups in total. The van der Waals surface area contributed by atoms with E-state index in [1.165, 1.54) is 11.3 Å². The van der Waals surface area contributed by atoms with Crippen LogP contribution in [0.15, 0.2) is 33.6 Å². The van der Waals surface area contributed by atoms with Crippen LogP contribution in [0.2, 0.25) is 0 Å². The molecule has 1 nitrogen and oxygen atoms in total. The number of halogens is 1. The minimum absolute atomic E-state index is 0.578. The third-order valence-corrected chi connectivity index (χ3v) is 4.21. The maximum atomic E-state index is 3.49. The molecule has 15 heavy (non-hydrogen) atoms. The fourth-order valence-electron chi connectivity index (χ4n) is 1.61. The minimum Gasteiger partial charge on any atom is -0.316 e. The summed E-state index contributed by atoms with van der Waals surface area (Å²) in [4.78, 5) is 1.32. The van der Waals surface area contributed by atoms with Gasteiger partial charge in [-0.2, -0.15) is 0 Å². The molecule has 84 valence electrons. The van der Waals surface area contributed by atoms with Crippen LogP contribution >= 0.6 is 27.7 Å². The van der Waals surface area contributed by atoms with Crippen LogP contribution in [-0.2, 0) is 0 Å². The minimum atomic E-state index is 0.578. The van der Waals surface area contributed by atoms with Crippen LogP contribution in [0, 0.1) is 0 Å². The molecule has 0 aliphatic rings. The Bertz CT molecular complexity index is 299. The summed E-state index contributed by atoms with van der Waals surface area (Å²) in [6, 6.07) is 9.05. The van der Waals surface area contributed by atoms with E-state index in [2.05, 4.69) is 59.4 Å². The van der Waals surface area contributed by atoms with E-state index in [1.54, 1.807) is 0 Å². The van der Waals surface area contributed by atoms with Crippen molar-refractivity contribution in [1.29, 1.82) is 0 Å². The molecule has 0 amide bonds. The van der Waals surface area contributed by atoms with Gasteiger partial charge in [0, 0.05) is 20.7 Å². The fraction of sp³-hybridized carbons (Fsp3) is 0.500. The molecule has 2 unspecified atom stereocenters. The maximum Gasteiger partial charge on any atom is 0.0219 e. The average Bonchev–Trinajstić information content (AvgIpc) is 2.19. The first-order valence-corrected chi connectivity index (χ1v) is 6.94. The van der Waals surface area contributed by atoms with Gasteiger partial charge >= 0.3 is 0 Å². The number of hydrogen-bond acceptors (Lipinski definition) is 2. The van der Waals surface area contributed by atoms with Crippen molar-refractivity contribution in [3.63, 3.8) is 0 Å². The van der Waals surface area contributed by atoms with Crippen LogP contribution in [0.25, 0.3) is 0 Å². The summed E-state index contributed by atoms with van der Waals surface area (Å²) in [7, 11) is 2.03. The molecule has 3 heteroatoms. The highest BCUT2D eigenvalue weighted by atomic mass is 79.9. The van der Waals surface area contributed by atoms with Crippen LogP contribution in [0.4, 0.5) is 0 Å². The average molecular weight is 288 g/mol. The van der Waals surface area contributed by atoms with Gasteiger partial charge in [-0.25, -0.2) is 0 Å². The highest BCUT2D eigenvalue weighted by Crippen LogP contribution is 2.28. The van der Waals surface area contributed by atoms with Gasteiger partial charge in [-0.05, 0) is 31.7 Å². The number of nitrogens with one attached hydrogen (secondary N) is 1. The van der Waals surface area contributed by atoms with Gasteiger partial charge in [0.05, 0.1) is 0 Å². The maximum absolute atomic E-state index is 3.49. The highest BCUT2D eigenvalue weighted by molar-refractivity contribution is 9.10. The third kappa shape index (κ3) is 4.17. The smallest absolute Gasteiger partial charge is 0.0219 e. The molecular formula is C12H18BrNS. The first kappa shape index (κ1) is 13.1. The summed E-state index contributed by atoms with van der Waals surface area (Å²) in [6.07, 6.45) is 1.17. The van der Waals surface area contributed by atoms with Crippen molar-refractivity contribution in [1.82, 2.24) is 5.32 Å². The predicted molar refractivity (Wildman–Crippen MR) is 72.6 cm³/mol. The number of thioether (sulfide) groups is 1. The fourth-order valence-corrected chi connectivity index (χ4v) is 3.43. The van der Waals surface area contributed by atoms with Crippen molar-refractivity contribution in [2.75, 3.05) is 7.05 Å². The molecular weight excluding hydrogens is 270 g/mol. The lowest BCUT2D eigenvalue weighted by Crippen LogP contribution is -2.33. The summed E-state index contributed by atoms with van der Waals surface area (Å²) in [6.45, 7) is 4.50. The molecule has 1 rings (SSSR count). The van der Waals surface area contributed by atoms with Crippen molar-refractivity contribution in [3.8, 4) is 0 Å². The molecule has 0 aromatic heterocycles. The number of benzene rings is 1. The Labute approximate surface area is 105 Å². The lowest BCUT2D eigenvalue weighted by atomic mass is 10.2. The topological polar surface area (TPSA) is 12.0 Å². The quantitative estimate of drug-likeness (QED) is 0.824. The van der Waals surface area contributed by atoms with E-state index in [1.807, 2.05) is 18.8 Å². The summed E-state index contributed by atoms with van der Waals surface area (Å²) in [5.41, 5.74) is 0. The highest BCUT2D eigenvalue weighted by Gasteiger charge is 2.14. The van der Waals surface area contributed by atoms with Crippen LogP contribution in [0.3, 0.4) is 0 Å². The number of hydrogen-bond donors (Lipinski definition) is 1. The zero-order chi connectivity index (χ0) is 11.3. The lowest BCUT2D eigenvalue weighted by Gasteiger charge is -2.21. The Kier molecular flexibility index (Phi) is 5.72. The van der Waals surface area contributed by atoms with Gasteiger partial charge in [0.25, 0.3) is 0 Å². The summed E-state index contributed by atoms with van der Waals surface area (Å²) in [5, 5.41) is 3.95. The Morgan fingerprint density at radius 3 is 2.73 bits per heavy atom. The largest absolute Gasteiger partial charge is 0.316 e. The van der Waals surface area contributed by atoms with E-state index in [0.29, 0.717) is 11.3 Å². The molecule has 1 aromatic carbocycles. The Hall–Kier alpha value is 0.01000. The lowest BCUT2D eigenvalue weighted by molar-refractivity contribution is 0.541. The van der Waals surface area contributed by atoms with E-state index < -0.39 is 0 Å². The van der Waals surface area contributed by atoms with Crippen LogP contribution < -0.4 is 5.32 Å². The molecule has 0 fully saturated rings. The summed E-state index contributed by atoms with van der Waals surface area (Å²) in [5.74, 6) is 0. The van der Waals surface area contributed by atoms with Gasteiger partial charge in [0.15, 0.2) is 0 Å². The second kappa shape index (κ2) is 6.56. The van der Waals surface area contributed by atoms with Gasteiger partial charge < -0.3 is 5.32 Å². The van der Waals surface area contributed by atoms with Crippen molar-refractivity contribution in [3.05, 3.63) is 28.7 Å². The number of rotatable bonds is 5. The normalized spacial score (nSPS) is 14.9. The first-order valence-electron chi connectivity index (χ1n) is 5.26. The van der Waals surface area contributed by atoms with Gasteiger partial charge in [-0.3, -0.25) is 0 Å². The molecule has 0 heterocycles. The molecule has 0 saturated carbocycles. The Morgan fingerprint density at radius 1 is 1.47 bits per heavy atom. The standard InChI is InChI=1S/C12H18BrNS/c1-4-12(14-3)9(2)15-11-7-5-6-10(13)8-11/h5-9,12,14H,4H2,1-3H3. The van der Waals surface area contributed by atoms with Crippen molar-refractivity contribution in [2.24, 2.45) is 0 Å². The van der Waals surface area contributed by atoms with Crippen molar-refractivity contribution >= 4 is 27.7 Å². The predicted octanol–water partition coefficient (Wildman–Crippen LogP) is 3.93. The second-order valence-corrected chi connectivity index (χ2v) is 5.95. The zero-order valence-corrected chi connectivity index (χ0v) is 11.9. The molecule has 0 bridgehead atoms. The molecule has 0 saturated heterocycles. The molecule has 1 aromatic rings. The molecule has 2 atom stereocenters. The molecule has 0 aliphatic carbocycles. The van der Waals surface area contributed by atoms with Gasteiger partial charge in [0.1, 0.15) is 0 Å². The molecule has 0 spiro atoms. The van der Waals surface area contributed by atoms with Gasteiger partial charge in [-0.1, -0.05) is 35.8 Å². The Balaban J connectivity index is 2.61. The van der Waals surface area contributed by atoms with Gasteiger partial charge in [0.2, 0.25) is 0 Å². The third-order valence-electron chi connectivity index (χ3n) is 2.50. The van der Waals surface area contributed by atoms with Crippen molar-refractivity contribution < 1.29 is 0 Å². The Morgan fingerprint density at radius 2 is 2.20 bits per heavy atom. The summed E-state index contributed by atoms with van der Waals surface area (Å²) < 4.78 is 1.15. The van der Waals surface area contributed by atoms with E-state index in [9.17, 15) is 0 Å². The van der Waals surface area contributed by atoms with Crippen LogP contribution in [0.5, 0.6) is 0 Å². The molecule has 0 aliphatic heterocycles. The van der Waals surface area contributed by atoms with E-state index in [0.717, 1.165) is 4.47 Å². The van der Waals surface area contributed by atoms with Crippen LogP contribution in [-0.4, -0.2) is 18.3 Å². The van der Waals surface area contributed by atoms with E-state index in [-0.39, 0.29) is 0 Å². The van der Waals surface area contributed by atoms with E-state index >= 15 is 0 Å². The first-order chi connectivity index (χ1) is 7.17.